The highest BCUT2D eigenvalue weighted by atomic mass is 16.1. The van der Waals surface area contributed by atoms with Crippen molar-refractivity contribution < 1.29 is 4.79 Å². The first-order valence-corrected chi connectivity index (χ1v) is 9.83. The normalized spacial score (nSPS) is 54.1. The van der Waals surface area contributed by atoms with Crippen molar-refractivity contribution in [3.8, 4) is 0 Å². The van der Waals surface area contributed by atoms with Crippen LogP contribution in [-0.4, -0.2) is 18.0 Å². The van der Waals surface area contributed by atoms with Gasteiger partial charge >= 0.3 is 0 Å². The Bertz CT molecular complexity index is 619. The molecular weight excluding hydrogens is 282 g/mol. The van der Waals surface area contributed by atoms with Crippen LogP contribution in [0.5, 0.6) is 0 Å². The molecule has 7 atom stereocenters. The second-order valence-corrected chi connectivity index (χ2v) is 9.32. The molecule has 0 amide bonds. The van der Waals surface area contributed by atoms with Crippen molar-refractivity contribution >= 4 is 12.0 Å². The van der Waals surface area contributed by atoms with Crippen molar-refractivity contribution in [1.29, 1.82) is 0 Å². The zero-order chi connectivity index (χ0) is 15.8. The number of aliphatic imine (C=N–C) groups is 1. The van der Waals surface area contributed by atoms with E-state index < -0.39 is 0 Å². The summed E-state index contributed by atoms with van der Waals surface area (Å²) in [5.74, 6) is 3.76. The molecule has 4 aliphatic carbocycles. The largest absolute Gasteiger partial charge is 0.295 e. The van der Waals surface area contributed by atoms with Crippen LogP contribution in [0.4, 0.5) is 0 Å². The first-order chi connectivity index (χ1) is 11.0. The van der Waals surface area contributed by atoms with E-state index in [0.717, 1.165) is 36.5 Å². The maximum Gasteiger partial charge on any atom is 0.155 e. The van der Waals surface area contributed by atoms with Gasteiger partial charge in [-0.1, -0.05) is 12.5 Å². The number of ketones is 1. The Balaban J connectivity index is 1.51. The van der Waals surface area contributed by atoms with Gasteiger partial charge < -0.3 is 0 Å². The molecule has 0 saturated heterocycles. The molecule has 0 bridgehead atoms. The third kappa shape index (κ3) is 1.71. The molecule has 0 aromatic heterocycles. The number of hydrogen-bond acceptors (Lipinski definition) is 2. The van der Waals surface area contributed by atoms with Gasteiger partial charge in [-0.15, -0.1) is 0 Å². The maximum absolute atomic E-state index is 11.9. The highest BCUT2D eigenvalue weighted by molar-refractivity contribution is 5.91. The van der Waals surface area contributed by atoms with E-state index in [9.17, 15) is 4.79 Å². The Hall–Kier alpha value is -0.920. The molecule has 5 aliphatic rings. The van der Waals surface area contributed by atoms with Crippen molar-refractivity contribution in [2.24, 2.45) is 39.5 Å². The summed E-state index contributed by atoms with van der Waals surface area (Å²) in [7, 11) is 0. The van der Waals surface area contributed by atoms with Crippen LogP contribution in [0.25, 0.3) is 0 Å². The zero-order valence-electron chi connectivity index (χ0n) is 14.6. The monoisotopic (exact) mass is 311 g/mol. The van der Waals surface area contributed by atoms with Crippen LogP contribution >= 0.6 is 0 Å². The Morgan fingerprint density at radius 1 is 1.04 bits per heavy atom. The SMILES string of the molecule is C[C@@H]1N=C[C@@]23CC[C@@H]4[C@H](CCC5=CC(=O)CC[C@@]54C)[C@H]2CC[C@@H]13. The van der Waals surface area contributed by atoms with E-state index in [2.05, 4.69) is 20.1 Å². The number of hydrogen-bond donors (Lipinski definition) is 0. The smallest absolute Gasteiger partial charge is 0.155 e. The topological polar surface area (TPSA) is 29.4 Å². The fourth-order valence-corrected chi connectivity index (χ4v) is 7.63. The quantitative estimate of drug-likeness (QED) is 0.643. The van der Waals surface area contributed by atoms with E-state index in [1.807, 2.05) is 6.08 Å². The number of fused-ring (bicyclic) bond motifs is 4. The van der Waals surface area contributed by atoms with Gasteiger partial charge in [-0.2, -0.15) is 0 Å². The van der Waals surface area contributed by atoms with E-state index in [-0.39, 0.29) is 0 Å². The van der Waals surface area contributed by atoms with Gasteiger partial charge in [0.2, 0.25) is 0 Å². The number of rotatable bonds is 0. The summed E-state index contributed by atoms with van der Waals surface area (Å²) in [6, 6.07) is 0.554. The summed E-state index contributed by atoms with van der Waals surface area (Å²) in [6.07, 6.45) is 14.4. The van der Waals surface area contributed by atoms with E-state index in [0.29, 0.717) is 22.7 Å². The molecule has 0 N–H and O–H groups in total. The van der Waals surface area contributed by atoms with Gasteiger partial charge in [-0.05, 0) is 87.0 Å². The van der Waals surface area contributed by atoms with Crippen molar-refractivity contribution in [1.82, 2.24) is 0 Å². The van der Waals surface area contributed by atoms with Crippen LogP contribution in [0.2, 0.25) is 0 Å². The Morgan fingerprint density at radius 2 is 1.87 bits per heavy atom. The second kappa shape index (κ2) is 4.58. The maximum atomic E-state index is 11.9. The molecule has 5 rings (SSSR count). The number of carbonyl (C=O) groups excluding carboxylic acids is 1. The minimum atomic E-state index is 0.317. The lowest BCUT2D eigenvalue weighted by molar-refractivity contribution is -0.117. The van der Waals surface area contributed by atoms with Gasteiger partial charge in [0, 0.05) is 18.1 Å². The highest BCUT2D eigenvalue weighted by Crippen LogP contribution is 2.67. The first-order valence-electron chi connectivity index (χ1n) is 9.83. The van der Waals surface area contributed by atoms with Crippen molar-refractivity contribution in [2.75, 3.05) is 0 Å². The van der Waals surface area contributed by atoms with Gasteiger partial charge in [0.1, 0.15) is 0 Å². The van der Waals surface area contributed by atoms with Gasteiger partial charge in [0.15, 0.2) is 5.78 Å². The molecule has 0 unspecified atom stereocenters. The summed E-state index contributed by atoms with van der Waals surface area (Å²) >= 11 is 0. The van der Waals surface area contributed by atoms with E-state index in [1.165, 1.54) is 44.1 Å². The minimum Gasteiger partial charge on any atom is -0.295 e. The molecule has 0 radical (unpaired) electrons. The van der Waals surface area contributed by atoms with Crippen LogP contribution in [-0.2, 0) is 4.79 Å². The first kappa shape index (κ1) is 14.4. The molecule has 1 aliphatic heterocycles. The molecule has 2 heteroatoms. The Morgan fingerprint density at radius 3 is 2.74 bits per heavy atom. The highest BCUT2D eigenvalue weighted by Gasteiger charge is 2.62. The van der Waals surface area contributed by atoms with Crippen LogP contribution in [0.15, 0.2) is 16.6 Å². The van der Waals surface area contributed by atoms with E-state index in [1.54, 1.807) is 0 Å². The third-order valence-corrected chi connectivity index (χ3v) is 8.75. The summed E-state index contributed by atoms with van der Waals surface area (Å²) in [5, 5.41) is 0. The Kier molecular flexibility index (Phi) is 2.87. The van der Waals surface area contributed by atoms with Crippen molar-refractivity contribution in [3.05, 3.63) is 11.6 Å². The van der Waals surface area contributed by atoms with Gasteiger partial charge in [0.25, 0.3) is 0 Å². The summed E-state index contributed by atoms with van der Waals surface area (Å²) in [6.45, 7) is 4.82. The molecule has 3 saturated carbocycles. The lowest BCUT2D eigenvalue weighted by Gasteiger charge is -2.57. The van der Waals surface area contributed by atoms with Crippen molar-refractivity contribution in [2.45, 2.75) is 71.3 Å². The molecule has 1 spiro atoms. The third-order valence-electron chi connectivity index (χ3n) is 8.75. The van der Waals surface area contributed by atoms with Crippen molar-refractivity contribution in [3.63, 3.8) is 0 Å². The van der Waals surface area contributed by atoms with Crippen LogP contribution in [0, 0.1) is 34.5 Å². The predicted octanol–water partition coefficient (Wildman–Crippen LogP) is 4.59. The molecule has 2 nitrogen and oxygen atoms in total. The lowest BCUT2D eigenvalue weighted by atomic mass is 9.47. The molecule has 1 heterocycles. The second-order valence-electron chi connectivity index (χ2n) is 9.32. The average Bonchev–Trinajstić information content (AvgIpc) is 3.06. The number of allylic oxidation sites excluding steroid dienone is 1. The number of carbonyl (C=O) groups is 1. The van der Waals surface area contributed by atoms with Crippen LogP contribution in [0.3, 0.4) is 0 Å². The Labute approximate surface area is 139 Å². The van der Waals surface area contributed by atoms with E-state index in [4.69, 9.17) is 4.99 Å². The van der Waals surface area contributed by atoms with Crippen LogP contribution in [0.1, 0.15) is 65.2 Å². The zero-order valence-corrected chi connectivity index (χ0v) is 14.6. The van der Waals surface area contributed by atoms with E-state index >= 15 is 0 Å². The van der Waals surface area contributed by atoms with Gasteiger partial charge in [-0.3, -0.25) is 9.79 Å². The van der Waals surface area contributed by atoms with Gasteiger partial charge in [0.05, 0.1) is 6.04 Å². The molecule has 23 heavy (non-hydrogen) atoms. The fraction of sp³-hybridized carbons (Fsp3) is 0.810. The summed E-state index contributed by atoms with van der Waals surface area (Å²) in [5.41, 5.74) is 2.26. The average molecular weight is 311 g/mol. The fourth-order valence-electron chi connectivity index (χ4n) is 7.63. The standard InChI is InChI=1S/C21H29NO/c1-13-17-5-6-19-16-4-3-14-11-15(23)7-9-20(14,2)18(16)8-10-21(17,19)12-22-13/h11-13,16-19H,3-10H2,1-2H3/t13-,16-,17-,18+,19+,20-,21+/m0/s1. The minimum absolute atomic E-state index is 0.317. The molecular formula is C21H29NO. The van der Waals surface area contributed by atoms with Gasteiger partial charge in [-0.25, -0.2) is 0 Å². The molecule has 3 fully saturated rings. The molecule has 0 aromatic carbocycles. The molecule has 0 aromatic rings. The summed E-state index contributed by atoms with van der Waals surface area (Å²) < 4.78 is 0. The van der Waals surface area contributed by atoms with Crippen LogP contribution < -0.4 is 0 Å². The number of nitrogens with zero attached hydrogens (tertiary/aromatic N) is 1. The lowest BCUT2D eigenvalue weighted by Crippen LogP contribution is -2.51. The summed E-state index contributed by atoms with van der Waals surface area (Å²) in [4.78, 5) is 16.8. The predicted molar refractivity (Wildman–Crippen MR) is 92.5 cm³/mol. The molecule has 124 valence electrons.